The number of halogens is 4. The molecule has 0 amide bonds. The molecule has 0 N–H and O–H groups in total. The van der Waals surface area contributed by atoms with Gasteiger partial charge in [-0.15, -0.1) is 11.3 Å². The summed E-state index contributed by atoms with van der Waals surface area (Å²) >= 11 is 7.05. The Morgan fingerprint density at radius 2 is 1.79 bits per heavy atom. The second-order valence-corrected chi connectivity index (χ2v) is 5.22. The van der Waals surface area contributed by atoms with Crippen molar-refractivity contribution in [3.8, 4) is 0 Å². The van der Waals surface area contributed by atoms with Crippen molar-refractivity contribution in [1.82, 2.24) is 0 Å². The molecule has 1 aromatic heterocycles. The summed E-state index contributed by atoms with van der Waals surface area (Å²) in [7, 11) is 0. The molecule has 0 aliphatic carbocycles. The number of hydrogen-bond acceptors (Lipinski definition) is 2. The normalized spacial score (nSPS) is 11.6. The van der Waals surface area contributed by atoms with E-state index >= 15 is 0 Å². The van der Waals surface area contributed by atoms with Crippen molar-refractivity contribution in [1.29, 1.82) is 0 Å². The van der Waals surface area contributed by atoms with Crippen LogP contribution >= 0.6 is 22.9 Å². The van der Waals surface area contributed by atoms with Crippen LogP contribution in [-0.2, 0) is 12.6 Å². The standard InChI is InChI=1S/C13H8ClF3OS/c14-10-5-6-19-12(10)11(18)7-8-1-3-9(4-2-8)13(15,16)17/h1-6H,7H2. The molecule has 6 heteroatoms. The first kappa shape index (κ1) is 14.1. The Morgan fingerprint density at radius 1 is 1.16 bits per heavy atom. The van der Waals surface area contributed by atoms with Crippen LogP contribution in [0.1, 0.15) is 20.8 Å². The maximum absolute atomic E-state index is 12.4. The fraction of sp³-hybridized carbons (Fsp3) is 0.154. The zero-order chi connectivity index (χ0) is 14.0. The maximum atomic E-state index is 12.4. The van der Waals surface area contributed by atoms with Gasteiger partial charge in [0.15, 0.2) is 5.78 Å². The highest BCUT2D eigenvalue weighted by molar-refractivity contribution is 7.12. The van der Waals surface area contributed by atoms with E-state index < -0.39 is 11.7 Å². The predicted molar refractivity (Wildman–Crippen MR) is 68.8 cm³/mol. The van der Waals surface area contributed by atoms with Crippen molar-refractivity contribution in [2.75, 3.05) is 0 Å². The molecule has 0 saturated heterocycles. The smallest absolute Gasteiger partial charge is 0.293 e. The van der Waals surface area contributed by atoms with Gasteiger partial charge in [0.05, 0.1) is 15.5 Å². The molecule has 100 valence electrons. The molecule has 0 unspecified atom stereocenters. The van der Waals surface area contributed by atoms with E-state index in [0.29, 0.717) is 15.5 Å². The molecule has 1 aromatic carbocycles. The number of benzene rings is 1. The lowest BCUT2D eigenvalue weighted by molar-refractivity contribution is -0.137. The van der Waals surface area contributed by atoms with Gasteiger partial charge in [-0.2, -0.15) is 13.2 Å². The number of alkyl halides is 3. The van der Waals surface area contributed by atoms with Crippen LogP contribution in [-0.4, -0.2) is 5.78 Å². The molecule has 0 saturated carbocycles. The molecular weight excluding hydrogens is 297 g/mol. The van der Waals surface area contributed by atoms with Gasteiger partial charge >= 0.3 is 6.18 Å². The first-order valence-electron chi connectivity index (χ1n) is 5.30. The fourth-order valence-corrected chi connectivity index (χ4v) is 2.67. The number of rotatable bonds is 3. The molecule has 2 aromatic rings. The Labute approximate surface area is 116 Å². The van der Waals surface area contributed by atoms with Gasteiger partial charge < -0.3 is 0 Å². The van der Waals surface area contributed by atoms with E-state index in [-0.39, 0.29) is 12.2 Å². The molecule has 0 aliphatic rings. The van der Waals surface area contributed by atoms with Crippen molar-refractivity contribution in [2.45, 2.75) is 12.6 Å². The number of hydrogen-bond donors (Lipinski definition) is 0. The van der Waals surface area contributed by atoms with Gasteiger partial charge in [-0.05, 0) is 29.1 Å². The van der Waals surface area contributed by atoms with Gasteiger partial charge in [-0.25, -0.2) is 0 Å². The lowest BCUT2D eigenvalue weighted by Gasteiger charge is -2.07. The summed E-state index contributed by atoms with van der Waals surface area (Å²) in [6.07, 6.45) is -4.32. The second-order valence-electron chi connectivity index (χ2n) is 3.89. The third kappa shape index (κ3) is 3.36. The highest BCUT2D eigenvalue weighted by Gasteiger charge is 2.30. The van der Waals surface area contributed by atoms with Crippen LogP contribution in [0.2, 0.25) is 5.02 Å². The van der Waals surface area contributed by atoms with E-state index in [1.165, 1.54) is 23.5 Å². The van der Waals surface area contributed by atoms with Crippen LogP contribution in [0.5, 0.6) is 0 Å². The molecule has 1 nitrogen and oxygen atoms in total. The predicted octanol–water partition coefficient (Wildman–Crippen LogP) is 4.85. The number of ketones is 1. The van der Waals surface area contributed by atoms with Crippen LogP contribution in [0.3, 0.4) is 0 Å². The van der Waals surface area contributed by atoms with Crippen molar-refractivity contribution < 1.29 is 18.0 Å². The minimum Gasteiger partial charge on any atom is -0.293 e. The van der Waals surface area contributed by atoms with Crippen LogP contribution < -0.4 is 0 Å². The van der Waals surface area contributed by atoms with Gasteiger partial charge in [0, 0.05) is 6.42 Å². The van der Waals surface area contributed by atoms with Crippen molar-refractivity contribution in [2.24, 2.45) is 0 Å². The number of carbonyl (C=O) groups is 1. The molecular formula is C13H8ClF3OS. The number of Topliss-reactive ketones (excluding diaryl/α,β-unsaturated/α-hetero) is 1. The molecule has 0 atom stereocenters. The Morgan fingerprint density at radius 3 is 2.26 bits per heavy atom. The molecule has 19 heavy (non-hydrogen) atoms. The van der Waals surface area contributed by atoms with Crippen LogP contribution in [0.4, 0.5) is 13.2 Å². The van der Waals surface area contributed by atoms with Crippen LogP contribution in [0.25, 0.3) is 0 Å². The Balaban J connectivity index is 2.12. The van der Waals surface area contributed by atoms with Gasteiger partial charge in [-0.1, -0.05) is 23.7 Å². The summed E-state index contributed by atoms with van der Waals surface area (Å²) in [4.78, 5) is 12.3. The molecule has 1 heterocycles. The summed E-state index contributed by atoms with van der Waals surface area (Å²) in [5, 5.41) is 2.07. The Kier molecular flexibility index (Phi) is 3.96. The first-order chi connectivity index (χ1) is 8.88. The van der Waals surface area contributed by atoms with E-state index in [1.54, 1.807) is 11.4 Å². The monoisotopic (exact) mass is 304 g/mol. The molecule has 0 spiro atoms. The van der Waals surface area contributed by atoms with Gasteiger partial charge in [0.25, 0.3) is 0 Å². The van der Waals surface area contributed by atoms with Crippen molar-refractivity contribution >= 4 is 28.7 Å². The highest BCUT2D eigenvalue weighted by atomic mass is 35.5. The summed E-state index contributed by atoms with van der Waals surface area (Å²) in [5.74, 6) is -0.195. The molecule has 0 radical (unpaired) electrons. The third-order valence-corrected chi connectivity index (χ3v) is 3.90. The van der Waals surface area contributed by atoms with Crippen LogP contribution in [0.15, 0.2) is 35.7 Å². The van der Waals surface area contributed by atoms with Crippen molar-refractivity contribution in [3.63, 3.8) is 0 Å². The molecule has 0 bridgehead atoms. The first-order valence-corrected chi connectivity index (χ1v) is 6.56. The maximum Gasteiger partial charge on any atom is 0.416 e. The zero-order valence-electron chi connectivity index (χ0n) is 9.50. The number of thiophene rings is 1. The van der Waals surface area contributed by atoms with Gasteiger partial charge in [-0.3, -0.25) is 4.79 Å². The molecule has 0 aliphatic heterocycles. The van der Waals surface area contributed by atoms with E-state index in [0.717, 1.165) is 12.1 Å². The minimum absolute atomic E-state index is 0.0401. The Bertz CT molecular complexity index is 587. The SMILES string of the molecule is O=C(Cc1ccc(C(F)(F)F)cc1)c1sccc1Cl. The average Bonchev–Trinajstić information content (AvgIpc) is 2.75. The summed E-state index contributed by atoms with van der Waals surface area (Å²) in [5.41, 5.74) is -0.194. The van der Waals surface area contributed by atoms with E-state index in [1.807, 2.05) is 0 Å². The van der Waals surface area contributed by atoms with Crippen LogP contribution in [0, 0.1) is 0 Å². The Hall–Kier alpha value is -1.33. The summed E-state index contributed by atoms with van der Waals surface area (Å²) in [6, 6.07) is 6.17. The lowest BCUT2D eigenvalue weighted by Crippen LogP contribution is -2.06. The molecule has 2 rings (SSSR count). The zero-order valence-corrected chi connectivity index (χ0v) is 11.1. The quantitative estimate of drug-likeness (QED) is 0.741. The lowest BCUT2D eigenvalue weighted by atomic mass is 10.1. The van der Waals surface area contributed by atoms with Crippen molar-refractivity contribution in [3.05, 3.63) is 56.7 Å². The minimum atomic E-state index is -4.36. The summed E-state index contributed by atoms with van der Waals surface area (Å²) < 4.78 is 37.1. The second kappa shape index (κ2) is 5.35. The largest absolute Gasteiger partial charge is 0.416 e. The highest BCUT2D eigenvalue weighted by Crippen LogP contribution is 2.29. The third-order valence-electron chi connectivity index (χ3n) is 2.52. The fourth-order valence-electron chi connectivity index (χ4n) is 1.57. The van der Waals surface area contributed by atoms with Gasteiger partial charge in [0.1, 0.15) is 0 Å². The topological polar surface area (TPSA) is 17.1 Å². The van der Waals surface area contributed by atoms with E-state index in [9.17, 15) is 18.0 Å². The summed E-state index contributed by atoms with van der Waals surface area (Å²) in [6.45, 7) is 0. The molecule has 0 fully saturated rings. The average molecular weight is 305 g/mol. The van der Waals surface area contributed by atoms with E-state index in [4.69, 9.17) is 11.6 Å². The number of carbonyl (C=O) groups excluding carboxylic acids is 1. The van der Waals surface area contributed by atoms with Gasteiger partial charge in [0.2, 0.25) is 0 Å². The van der Waals surface area contributed by atoms with E-state index in [2.05, 4.69) is 0 Å².